The van der Waals surface area contributed by atoms with E-state index in [0.717, 1.165) is 5.56 Å². The second-order valence-electron chi connectivity index (χ2n) is 6.06. The van der Waals surface area contributed by atoms with Crippen molar-refractivity contribution in [2.45, 2.75) is 6.42 Å². The summed E-state index contributed by atoms with van der Waals surface area (Å²) < 4.78 is 14.0. The number of rotatable bonds is 6. The number of amides is 3. The third-order valence-corrected chi connectivity index (χ3v) is 4.26. The number of nitrogens with one attached hydrogen (secondary N) is 2. The smallest absolute Gasteiger partial charge is 0.335 e. The standard InChI is InChI=1S/C19H18FN3O4/c20-16-6-5-14(23-10-9-22-19(23)27)11-15(16)17(24)21-8-7-12-1-3-13(4-2-12)18(25)26/h1-6,11H,7-10H2,(H,21,24)(H,22,27)(H,25,26). The summed E-state index contributed by atoms with van der Waals surface area (Å²) >= 11 is 0. The van der Waals surface area contributed by atoms with Gasteiger partial charge in [0.2, 0.25) is 0 Å². The summed E-state index contributed by atoms with van der Waals surface area (Å²) in [6.45, 7) is 1.22. The Labute approximate surface area is 154 Å². The molecule has 1 fully saturated rings. The Bertz CT molecular complexity index is 883. The minimum Gasteiger partial charge on any atom is -0.478 e. The molecule has 0 aliphatic carbocycles. The van der Waals surface area contributed by atoms with Gasteiger partial charge >= 0.3 is 12.0 Å². The molecule has 0 spiro atoms. The van der Waals surface area contributed by atoms with E-state index < -0.39 is 17.7 Å². The van der Waals surface area contributed by atoms with Crippen LogP contribution in [-0.2, 0) is 6.42 Å². The molecule has 0 bridgehead atoms. The van der Waals surface area contributed by atoms with E-state index in [2.05, 4.69) is 10.6 Å². The summed E-state index contributed by atoms with van der Waals surface area (Å²) in [5, 5.41) is 14.2. The van der Waals surface area contributed by atoms with Gasteiger partial charge in [-0.05, 0) is 42.3 Å². The Kier molecular flexibility index (Phi) is 5.35. The monoisotopic (exact) mass is 371 g/mol. The van der Waals surface area contributed by atoms with Crippen molar-refractivity contribution in [1.82, 2.24) is 10.6 Å². The maximum Gasteiger partial charge on any atom is 0.335 e. The van der Waals surface area contributed by atoms with Crippen LogP contribution in [0.4, 0.5) is 14.9 Å². The van der Waals surface area contributed by atoms with E-state index in [0.29, 0.717) is 25.2 Å². The van der Waals surface area contributed by atoms with E-state index in [1.807, 2.05) is 0 Å². The van der Waals surface area contributed by atoms with Crippen molar-refractivity contribution in [3.8, 4) is 0 Å². The van der Waals surface area contributed by atoms with E-state index in [9.17, 15) is 18.8 Å². The molecule has 1 aliphatic rings. The summed E-state index contributed by atoms with van der Waals surface area (Å²) in [6, 6.07) is 10.0. The van der Waals surface area contributed by atoms with Gasteiger partial charge in [0.15, 0.2) is 0 Å². The summed E-state index contributed by atoms with van der Waals surface area (Å²) in [5.41, 5.74) is 1.37. The molecule has 1 saturated heterocycles. The Morgan fingerprint density at radius 2 is 1.93 bits per heavy atom. The first-order valence-corrected chi connectivity index (χ1v) is 8.41. The lowest BCUT2D eigenvalue weighted by molar-refractivity contribution is 0.0696. The van der Waals surface area contributed by atoms with Crippen molar-refractivity contribution in [1.29, 1.82) is 0 Å². The highest BCUT2D eigenvalue weighted by atomic mass is 19.1. The molecule has 0 atom stereocenters. The summed E-state index contributed by atoms with van der Waals surface area (Å²) in [7, 11) is 0. The Balaban J connectivity index is 1.62. The lowest BCUT2D eigenvalue weighted by Gasteiger charge is -2.15. The third kappa shape index (κ3) is 4.22. The maximum absolute atomic E-state index is 14.0. The Morgan fingerprint density at radius 3 is 2.56 bits per heavy atom. The average Bonchev–Trinajstić information content (AvgIpc) is 3.08. The summed E-state index contributed by atoms with van der Waals surface area (Å²) in [6.07, 6.45) is 0.474. The van der Waals surface area contributed by atoms with Crippen LogP contribution in [0.1, 0.15) is 26.3 Å². The first-order valence-electron chi connectivity index (χ1n) is 8.41. The molecular formula is C19H18FN3O4. The molecule has 3 rings (SSSR count). The van der Waals surface area contributed by atoms with Crippen molar-refractivity contribution in [3.05, 3.63) is 65.0 Å². The van der Waals surface area contributed by atoms with Gasteiger partial charge in [0, 0.05) is 25.3 Å². The molecule has 0 aromatic heterocycles. The van der Waals surface area contributed by atoms with Crippen molar-refractivity contribution < 1.29 is 23.9 Å². The van der Waals surface area contributed by atoms with Crippen LogP contribution in [0.25, 0.3) is 0 Å². The Hall–Kier alpha value is -3.42. The van der Waals surface area contributed by atoms with E-state index in [4.69, 9.17) is 5.11 Å². The molecule has 2 aromatic rings. The van der Waals surface area contributed by atoms with E-state index in [-0.39, 0.29) is 23.7 Å². The number of carboxylic acids is 1. The molecule has 0 saturated carbocycles. The number of benzene rings is 2. The van der Waals surface area contributed by atoms with Gasteiger partial charge in [0.05, 0.1) is 11.1 Å². The van der Waals surface area contributed by atoms with Gasteiger partial charge in [-0.2, -0.15) is 0 Å². The summed E-state index contributed by atoms with van der Waals surface area (Å²) in [4.78, 5) is 36.3. The zero-order valence-corrected chi connectivity index (χ0v) is 14.4. The number of carbonyl (C=O) groups is 3. The molecule has 7 nitrogen and oxygen atoms in total. The van der Waals surface area contributed by atoms with Gasteiger partial charge in [0.1, 0.15) is 5.82 Å². The van der Waals surface area contributed by atoms with Crippen LogP contribution in [0.3, 0.4) is 0 Å². The number of nitrogens with zero attached hydrogens (tertiary/aromatic N) is 1. The number of carbonyl (C=O) groups excluding carboxylic acids is 2. The fourth-order valence-electron chi connectivity index (χ4n) is 2.80. The number of urea groups is 1. The fourth-order valence-corrected chi connectivity index (χ4v) is 2.80. The molecule has 1 heterocycles. The minimum absolute atomic E-state index is 0.131. The second-order valence-corrected chi connectivity index (χ2v) is 6.06. The van der Waals surface area contributed by atoms with Crippen molar-refractivity contribution in [2.75, 3.05) is 24.5 Å². The van der Waals surface area contributed by atoms with Gasteiger partial charge in [-0.15, -0.1) is 0 Å². The highest BCUT2D eigenvalue weighted by Crippen LogP contribution is 2.20. The van der Waals surface area contributed by atoms with Gasteiger partial charge in [-0.25, -0.2) is 14.0 Å². The molecule has 2 aromatic carbocycles. The number of aromatic carboxylic acids is 1. The molecule has 1 aliphatic heterocycles. The average molecular weight is 371 g/mol. The van der Waals surface area contributed by atoms with Crippen molar-refractivity contribution in [3.63, 3.8) is 0 Å². The van der Waals surface area contributed by atoms with Crippen LogP contribution in [0.15, 0.2) is 42.5 Å². The van der Waals surface area contributed by atoms with Gasteiger partial charge in [0.25, 0.3) is 5.91 Å². The first kappa shape index (κ1) is 18.4. The number of carboxylic acid groups (broad SMARTS) is 1. The Morgan fingerprint density at radius 1 is 1.19 bits per heavy atom. The fraction of sp³-hybridized carbons (Fsp3) is 0.211. The van der Waals surface area contributed by atoms with Crippen LogP contribution < -0.4 is 15.5 Å². The third-order valence-electron chi connectivity index (χ3n) is 4.26. The number of halogens is 1. The largest absolute Gasteiger partial charge is 0.478 e. The zero-order chi connectivity index (χ0) is 19.4. The van der Waals surface area contributed by atoms with Gasteiger partial charge in [-0.3, -0.25) is 9.69 Å². The highest BCUT2D eigenvalue weighted by molar-refractivity contribution is 5.98. The topological polar surface area (TPSA) is 98.7 Å². The van der Waals surface area contributed by atoms with Crippen LogP contribution in [-0.4, -0.2) is 42.6 Å². The summed E-state index contributed by atoms with van der Waals surface area (Å²) in [5.74, 6) is -2.24. The second kappa shape index (κ2) is 7.86. The predicted molar refractivity (Wildman–Crippen MR) is 96.6 cm³/mol. The molecule has 8 heteroatoms. The van der Waals surface area contributed by atoms with Crippen LogP contribution in [0.2, 0.25) is 0 Å². The molecular weight excluding hydrogens is 353 g/mol. The van der Waals surface area contributed by atoms with Crippen LogP contribution >= 0.6 is 0 Å². The number of anilines is 1. The van der Waals surface area contributed by atoms with E-state index in [1.54, 1.807) is 12.1 Å². The number of hydrogen-bond acceptors (Lipinski definition) is 3. The van der Waals surface area contributed by atoms with Crippen molar-refractivity contribution in [2.24, 2.45) is 0 Å². The zero-order valence-electron chi connectivity index (χ0n) is 14.4. The SMILES string of the molecule is O=C(O)c1ccc(CCNC(=O)c2cc(N3CCNC3=O)ccc2F)cc1. The van der Waals surface area contributed by atoms with Crippen LogP contribution in [0.5, 0.6) is 0 Å². The minimum atomic E-state index is -1.00. The van der Waals surface area contributed by atoms with Crippen LogP contribution in [0, 0.1) is 5.82 Å². The van der Waals surface area contributed by atoms with Gasteiger partial charge in [-0.1, -0.05) is 12.1 Å². The highest BCUT2D eigenvalue weighted by Gasteiger charge is 2.23. The maximum atomic E-state index is 14.0. The number of hydrogen-bond donors (Lipinski definition) is 3. The quantitative estimate of drug-likeness (QED) is 0.724. The lowest BCUT2D eigenvalue weighted by atomic mass is 10.1. The van der Waals surface area contributed by atoms with Crippen molar-refractivity contribution >= 4 is 23.6 Å². The molecule has 0 radical (unpaired) electrons. The first-order chi connectivity index (χ1) is 13.0. The molecule has 140 valence electrons. The predicted octanol–water partition coefficient (Wildman–Crippen LogP) is 2.03. The molecule has 27 heavy (non-hydrogen) atoms. The molecule has 3 N–H and O–H groups in total. The van der Waals surface area contributed by atoms with Gasteiger partial charge < -0.3 is 15.7 Å². The van der Waals surface area contributed by atoms with E-state index in [1.165, 1.54) is 35.2 Å². The molecule has 3 amide bonds. The van der Waals surface area contributed by atoms with E-state index >= 15 is 0 Å². The lowest BCUT2D eigenvalue weighted by Crippen LogP contribution is -2.29. The normalized spacial score (nSPS) is 13.4. The molecule has 0 unspecified atom stereocenters.